The first-order valence-electron chi connectivity index (χ1n) is 8.84. The van der Waals surface area contributed by atoms with Crippen LogP contribution in [0.25, 0.3) is 0 Å². The van der Waals surface area contributed by atoms with Crippen molar-refractivity contribution in [2.24, 2.45) is 0 Å². The zero-order valence-corrected chi connectivity index (χ0v) is 17.1. The summed E-state index contributed by atoms with van der Waals surface area (Å²) < 4.78 is 31.7. The molecule has 10 nitrogen and oxygen atoms in total. The Kier molecular flexibility index (Phi) is 6.20. The summed E-state index contributed by atoms with van der Waals surface area (Å²) in [7, 11) is -4.03. The molecule has 0 aliphatic carbocycles. The summed E-state index contributed by atoms with van der Waals surface area (Å²) in [6.45, 7) is 2.27. The Hall–Kier alpha value is -2.50. The molecule has 0 radical (unpaired) electrons. The molecule has 0 spiro atoms. The van der Waals surface area contributed by atoms with E-state index in [0.29, 0.717) is 17.7 Å². The predicted molar refractivity (Wildman–Crippen MR) is 103 cm³/mol. The van der Waals surface area contributed by atoms with E-state index in [1.54, 1.807) is 11.8 Å². The number of nitrogens with zero attached hydrogens (tertiary/aromatic N) is 4. The van der Waals surface area contributed by atoms with Crippen molar-refractivity contribution in [3.63, 3.8) is 0 Å². The summed E-state index contributed by atoms with van der Waals surface area (Å²) in [5, 5.41) is 15.1. The van der Waals surface area contributed by atoms with E-state index in [1.807, 2.05) is 0 Å². The molecule has 2 heterocycles. The first kappa shape index (κ1) is 21.2. The third-order valence-electron chi connectivity index (χ3n) is 4.80. The van der Waals surface area contributed by atoms with Gasteiger partial charge in [-0.1, -0.05) is 17.3 Å². The van der Waals surface area contributed by atoms with Crippen LogP contribution in [0.4, 0.5) is 5.69 Å². The number of benzene rings is 1. The number of rotatable bonds is 6. The van der Waals surface area contributed by atoms with E-state index in [1.165, 1.54) is 22.5 Å². The lowest BCUT2D eigenvalue weighted by atomic mass is 10.1. The highest BCUT2D eigenvalue weighted by Gasteiger charge is 2.34. The average Bonchev–Trinajstić information content (AvgIpc) is 3.03. The van der Waals surface area contributed by atoms with Gasteiger partial charge in [-0.3, -0.25) is 14.9 Å². The Balaban J connectivity index is 1.63. The second kappa shape index (κ2) is 8.47. The number of sulfonamides is 1. The smallest absolute Gasteiger partial charge is 0.289 e. The second-order valence-electron chi connectivity index (χ2n) is 6.53. The van der Waals surface area contributed by atoms with E-state index < -0.39 is 20.6 Å². The van der Waals surface area contributed by atoms with E-state index in [-0.39, 0.29) is 48.6 Å². The molecule has 1 fully saturated rings. The Bertz CT molecular complexity index is 1010. The minimum Gasteiger partial charge on any atom is -0.344 e. The normalized spacial score (nSPS) is 15.4. The highest BCUT2D eigenvalue weighted by atomic mass is 35.5. The SMILES string of the molecule is Cc1noc(Cl)c1CCC(=O)N1CCN(S(=O)(=O)c2ccccc2[N+](=O)[O-])CC1. The van der Waals surface area contributed by atoms with Crippen LogP contribution in [0, 0.1) is 17.0 Å². The van der Waals surface area contributed by atoms with Gasteiger partial charge in [-0.25, -0.2) is 8.42 Å². The van der Waals surface area contributed by atoms with Crippen LogP contribution in [0.2, 0.25) is 5.22 Å². The van der Waals surface area contributed by atoms with E-state index in [9.17, 15) is 23.3 Å². The number of carbonyl (C=O) groups excluding carboxylic acids is 1. The van der Waals surface area contributed by atoms with Crippen molar-refractivity contribution < 1.29 is 22.7 Å². The molecule has 1 aliphatic rings. The van der Waals surface area contributed by atoms with Gasteiger partial charge in [0.05, 0.1) is 10.6 Å². The largest absolute Gasteiger partial charge is 0.344 e. The highest BCUT2D eigenvalue weighted by molar-refractivity contribution is 7.89. The summed E-state index contributed by atoms with van der Waals surface area (Å²) in [5.41, 5.74) is 0.841. The van der Waals surface area contributed by atoms with Crippen LogP contribution in [-0.4, -0.2) is 59.8 Å². The van der Waals surface area contributed by atoms with E-state index in [0.717, 1.165) is 6.07 Å². The van der Waals surface area contributed by atoms with Gasteiger partial charge in [-0.05, 0) is 31.0 Å². The second-order valence-corrected chi connectivity index (χ2v) is 8.78. The van der Waals surface area contributed by atoms with Crippen LogP contribution < -0.4 is 0 Å². The molecule has 0 N–H and O–H groups in total. The van der Waals surface area contributed by atoms with Gasteiger partial charge in [-0.15, -0.1) is 0 Å². The number of para-hydroxylation sites is 1. The number of halogens is 1. The van der Waals surface area contributed by atoms with Gasteiger partial charge in [0.2, 0.25) is 21.1 Å². The molecule has 1 saturated heterocycles. The van der Waals surface area contributed by atoms with Gasteiger partial charge >= 0.3 is 0 Å². The summed E-state index contributed by atoms with van der Waals surface area (Å²) in [6, 6.07) is 5.23. The molecule has 12 heteroatoms. The summed E-state index contributed by atoms with van der Waals surface area (Å²) in [5.74, 6) is -0.135. The van der Waals surface area contributed by atoms with Crippen molar-refractivity contribution in [3.05, 3.63) is 50.9 Å². The molecule has 1 aromatic carbocycles. The summed E-state index contributed by atoms with van der Waals surface area (Å²) >= 11 is 5.90. The summed E-state index contributed by atoms with van der Waals surface area (Å²) in [4.78, 5) is 24.1. The van der Waals surface area contributed by atoms with E-state index in [4.69, 9.17) is 16.1 Å². The maximum atomic E-state index is 12.8. The van der Waals surface area contributed by atoms with Gasteiger partial charge < -0.3 is 9.42 Å². The van der Waals surface area contributed by atoms with Crippen molar-refractivity contribution >= 4 is 33.2 Å². The predicted octanol–water partition coefficient (Wildman–Crippen LogP) is 2.01. The van der Waals surface area contributed by atoms with Crippen molar-refractivity contribution in [2.45, 2.75) is 24.7 Å². The van der Waals surface area contributed by atoms with Crippen LogP contribution in [-0.2, 0) is 21.2 Å². The zero-order valence-electron chi connectivity index (χ0n) is 15.6. The molecule has 1 amide bonds. The number of amides is 1. The maximum absolute atomic E-state index is 12.8. The number of carbonyl (C=O) groups is 1. The van der Waals surface area contributed by atoms with Crippen molar-refractivity contribution in [1.29, 1.82) is 0 Å². The van der Waals surface area contributed by atoms with Crippen LogP contribution >= 0.6 is 11.6 Å². The standard InChI is InChI=1S/C17H19ClN4O6S/c1-12-13(17(18)28-19-12)6-7-16(23)20-8-10-21(11-9-20)29(26,27)15-5-3-2-4-14(15)22(24)25/h2-5H,6-11H2,1H3. The minimum absolute atomic E-state index is 0.0627. The number of nitro benzene ring substituents is 1. The third kappa shape index (κ3) is 4.41. The molecule has 29 heavy (non-hydrogen) atoms. The quantitative estimate of drug-likeness (QED) is 0.494. The fourth-order valence-electron chi connectivity index (χ4n) is 3.17. The lowest BCUT2D eigenvalue weighted by Gasteiger charge is -2.34. The maximum Gasteiger partial charge on any atom is 0.289 e. The first-order valence-corrected chi connectivity index (χ1v) is 10.7. The van der Waals surface area contributed by atoms with Crippen LogP contribution in [0.3, 0.4) is 0 Å². The molecule has 156 valence electrons. The molecular weight excluding hydrogens is 424 g/mol. The van der Waals surface area contributed by atoms with Crippen molar-refractivity contribution in [1.82, 2.24) is 14.4 Å². The zero-order chi connectivity index (χ0) is 21.2. The number of nitro groups is 1. The van der Waals surface area contributed by atoms with Crippen LogP contribution in [0.5, 0.6) is 0 Å². The van der Waals surface area contributed by atoms with Crippen LogP contribution in [0.1, 0.15) is 17.7 Å². The van der Waals surface area contributed by atoms with E-state index >= 15 is 0 Å². The number of piperazine rings is 1. The molecule has 0 unspecified atom stereocenters. The Morgan fingerprint density at radius 1 is 1.28 bits per heavy atom. The van der Waals surface area contributed by atoms with Gasteiger partial charge in [0.15, 0.2) is 4.90 Å². The van der Waals surface area contributed by atoms with Gasteiger partial charge in [0.1, 0.15) is 0 Å². The average molecular weight is 443 g/mol. The molecule has 0 bridgehead atoms. The minimum atomic E-state index is -4.03. The third-order valence-corrected chi connectivity index (χ3v) is 7.04. The van der Waals surface area contributed by atoms with Gasteiger partial charge in [-0.2, -0.15) is 4.31 Å². The lowest BCUT2D eigenvalue weighted by molar-refractivity contribution is -0.387. The number of hydrogen-bond acceptors (Lipinski definition) is 7. The molecule has 3 rings (SSSR count). The lowest BCUT2D eigenvalue weighted by Crippen LogP contribution is -2.50. The Morgan fingerprint density at radius 2 is 1.93 bits per heavy atom. The number of aryl methyl sites for hydroxylation is 1. The number of hydrogen-bond donors (Lipinski definition) is 0. The fraction of sp³-hybridized carbons (Fsp3) is 0.412. The van der Waals surface area contributed by atoms with E-state index in [2.05, 4.69) is 5.16 Å². The van der Waals surface area contributed by atoms with Crippen molar-refractivity contribution in [2.75, 3.05) is 26.2 Å². The summed E-state index contributed by atoms with van der Waals surface area (Å²) in [6.07, 6.45) is 0.570. The van der Waals surface area contributed by atoms with Crippen LogP contribution in [0.15, 0.2) is 33.7 Å². The first-order chi connectivity index (χ1) is 13.7. The number of aromatic nitrogens is 1. The van der Waals surface area contributed by atoms with Gasteiger partial charge in [0.25, 0.3) is 5.69 Å². The monoisotopic (exact) mass is 442 g/mol. The fourth-order valence-corrected chi connectivity index (χ4v) is 5.02. The molecule has 1 aromatic heterocycles. The van der Waals surface area contributed by atoms with Gasteiger partial charge in [0, 0.05) is 44.2 Å². The molecular formula is C17H19ClN4O6S. The Morgan fingerprint density at radius 3 is 2.52 bits per heavy atom. The Labute approximate surface area is 172 Å². The molecule has 0 saturated carbocycles. The van der Waals surface area contributed by atoms with Crippen molar-refractivity contribution in [3.8, 4) is 0 Å². The molecule has 0 atom stereocenters. The molecule has 1 aliphatic heterocycles. The topological polar surface area (TPSA) is 127 Å². The highest BCUT2D eigenvalue weighted by Crippen LogP contribution is 2.27. The molecule has 2 aromatic rings.